The van der Waals surface area contributed by atoms with E-state index in [0.717, 1.165) is 51.7 Å². The lowest BCUT2D eigenvalue weighted by molar-refractivity contribution is -0.0764. The fourth-order valence-electron chi connectivity index (χ4n) is 4.93. The smallest absolute Gasteiger partial charge is 0.269 e. The highest BCUT2D eigenvalue weighted by Gasteiger charge is 2.42. The third-order valence-corrected chi connectivity index (χ3v) is 6.72. The molecule has 168 valence electrons. The second kappa shape index (κ2) is 9.53. The van der Waals surface area contributed by atoms with Crippen LogP contribution in [0, 0.1) is 5.92 Å². The van der Waals surface area contributed by atoms with E-state index < -0.39 is 0 Å². The molecule has 0 radical (unpaired) electrons. The van der Waals surface area contributed by atoms with Gasteiger partial charge >= 0.3 is 0 Å². The zero-order valence-corrected chi connectivity index (χ0v) is 19.1. The topological polar surface area (TPSA) is 59.4 Å². The molecule has 2 fully saturated rings. The lowest BCUT2D eigenvalue weighted by atomic mass is 9.88. The molecule has 1 aromatic carbocycles. The van der Waals surface area contributed by atoms with Crippen LogP contribution in [0.25, 0.3) is 0 Å². The molecule has 2 aliphatic heterocycles. The quantitative estimate of drug-likeness (QED) is 0.738. The summed E-state index contributed by atoms with van der Waals surface area (Å²) in [6.45, 7) is 8.26. The number of carbonyl (C=O) groups excluding carboxylic acids is 1. The van der Waals surface area contributed by atoms with Crippen molar-refractivity contribution in [2.45, 2.75) is 64.2 Å². The Morgan fingerprint density at radius 2 is 1.87 bits per heavy atom. The zero-order chi connectivity index (χ0) is 21.8. The molecule has 31 heavy (non-hydrogen) atoms. The number of carbonyl (C=O) groups is 1. The van der Waals surface area contributed by atoms with Crippen LogP contribution in [0.1, 0.15) is 61.1 Å². The highest BCUT2D eigenvalue weighted by atomic mass is 16.5. The molecule has 1 spiro atoms. The number of nitrogens with zero attached hydrogens (tertiary/aromatic N) is 3. The molecule has 2 aliphatic rings. The van der Waals surface area contributed by atoms with Gasteiger partial charge < -0.3 is 10.1 Å². The maximum atomic E-state index is 12.3. The van der Waals surface area contributed by atoms with Crippen LogP contribution in [0.5, 0.6) is 0 Å². The molecule has 0 saturated carbocycles. The third kappa shape index (κ3) is 5.55. The van der Waals surface area contributed by atoms with Gasteiger partial charge in [0.1, 0.15) is 5.69 Å². The highest BCUT2D eigenvalue weighted by molar-refractivity contribution is 5.92. The van der Waals surface area contributed by atoms with Crippen molar-refractivity contribution in [3.63, 3.8) is 0 Å². The van der Waals surface area contributed by atoms with Crippen LogP contribution in [0.2, 0.25) is 0 Å². The molecule has 1 aromatic heterocycles. The molecule has 1 N–H and O–H groups in total. The monoisotopic (exact) mass is 424 g/mol. The number of aromatic nitrogens is 2. The van der Waals surface area contributed by atoms with Crippen LogP contribution in [-0.2, 0) is 24.8 Å². The second-order valence-corrected chi connectivity index (χ2v) is 9.70. The van der Waals surface area contributed by atoms with Gasteiger partial charge in [0.2, 0.25) is 0 Å². The number of amides is 1. The van der Waals surface area contributed by atoms with Crippen molar-refractivity contribution in [2.24, 2.45) is 13.0 Å². The molecular formula is C25H36N4O2. The first kappa shape index (κ1) is 22.0. The second-order valence-electron chi connectivity index (χ2n) is 9.70. The average Bonchev–Trinajstić information content (AvgIpc) is 3.36. The molecule has 1 atom stereocenters. The number of aryl methyl sites for hydroxylation is 1. The summed E-state index contributed by atoms with van der Waals surface area (Å²) in [6, 6.07) is 10.9. The van der Waals surface area contributed by atoms with E-state index in [9.17, 15) is 4.79 Å². The Hall–Kier alpha value is -2.18. The summed E-state index contributed by atoms with van der Waals surface area (Å²) < 4.78 is 8.07. The van der Waals surface area contributed by atoms with Gasteiger partial charge in [-0.1, -0.05) is 38.1 Å². The Balaban J connectivity index is 1.21. The molecule has 6 nitrogen and oxygen atoms in total. The summed E-state index contributed by atoms with van der Waals surface area (Å²) >= 11 is 0. The number of benzene rings is 1. The molecule has 0 aliphatic carbocycles. The Labute approximate surface area is 186 Å². The Morgan fingerprint density at radius 1 is 1.16 bits per heavy atom. The predicted molar refractivity (Wildman–Crippen MR) is 122 cm³/mol. The van der Waals surface area contributed by atoms with E-state index in [0.29, 0.717) is 18.2 Å². The van der Waals surface area contributed by atoms with Crippen molar-refractivity contribution < 1.29 is 9.53 Å². The van der Waals surface area contributed by atoms with Crippen molar-refractivity contribution in [2.75, 3.05) is 19.6 Å². The number of nitrogens with one attached hydrogen (secondary N) is 1. The van der Waals surface area contributed by atoms with Gasteiger partial charge in [-0.15, -0.1) is 0 Å². The first-order chi connectivity index (χ1) is 14.9. The third-order valence-electron chi connectivity index (χ3n) is 6.72. The van der Waals surface area contributed by atoms with Crippen molar-refractivity contribution in [3.05, 3.63) is 53.3 Å². The molecule has 0 unspecified atom stereocenters. The molecule has 4 rings (SSSR count). The summed E-state index contributed by atoms with van der Waals surface area (Å²) in [5.74, 6) is 0.613. The number of piperidine rings is 1. The minimum atomic E-state index is -0.0845. The predicted octanol–water partition coefficient (Wildman–Crippen LogP) is 3.56. The van der Waals surface area contributed by atoms with Gasteiger partial charge in [0, 0.05) is 39.4 Å². The fourth-order valence-corrected chi connectivity index (χ4v) is 4.93. The normalized spacial score (nSPS) is 21.1. The standard InChI is InChI=1S/C25H36N4O2/c1-19(2)16-20-4-6-21(7-5-20)18-29-14-11-25(12-15-29)10-8-22(31-25)17-26-24(30)23-9-13-27-28(23)3/h4-7,9,13,19,22H,8,10-12,14-18H2,1-3H3,(H,26,30)/t22-/m0/s1. The van der Waals surface area contributed by atoms with Crippen LogP contribution >= 0.6 is 0 Å². The van der Waals surface area contributed by atoms with Crippen LogP contribution in [0.3, 0.4) is 0 Å². The molecule has 2 aromatic rings. The van der Waals surface area contributed by atoms with E-state index in [1.807, 2.05) is 0 Å². The van der Waals surface area contributed by atoms with Gasteiger partial charge in [-0.3, -0.25) is 14.4 Å². The minimum absolute atomic E-state index is 0.000451. The molecule has 2 saturated heterocycles. The SMILES string of the molecule is CC(C)Cc1ccc(CN2CCC3(CC[C@@H](CNC(=O)c4ccnn4C)O3)CC2)cc1. The lowest BCUT2D eigenvalue weighted by Gasteiger charge is -2.39. The number of ether oxygens (including phenoxy) is 1. The van der Waals surface area contributed by atoms with Crippen molar-refractivity contribution in [1.82, 2.24) is 20.0 Å². The van der Waals surface area contributed by atoms with Gasteiger partial charge in [0.15, 0.2) is 0 Å². The van der Waals surface area contributed by atoms with E-state index in [1.54, 1.807) is 24.0 Å². The molecular weight excluding hydrogens is 388 g/mol. The van der Waals surface area contributed by atoms with Crippen molar-refractivity contribution in [1.29, 1.82) is 0 Å². The van der Waals surface area contributed by atoms with E-state index >= 15 is 0 Å². The summed E-state index contributed by atoms with van der Waals surface area (Å²) in [4.78, 5) is 14.9. The number of hydrogen-bond donors (Lipinski definition) is 1. The van der Waals surface area contributed by atoms with E-state index in [2.05, 4.69) is 53.4 Å². The van der Waals surface area contributed by atoms with E-state index in [-0.39, 0.29) is 17.6 Å². The first-order valence-electron chi connectivity index (χ1n) is 11.7. The van der Waals surface area contributed by atoms with Crippen molar-refractivity contribution in [3.8, 4) is 0 Å². The largest absolute Gasteiger partial charge is 0.370 e. The number of likely N-dealkylation sites (tertiary alicyclic amines) is 1. The van der Waals surface area contributed by atoms with Crippen LogP contribution in [-0.4, -0.2) is 51.9 Å². The Kier molecular flexibility index (Phi) is 6.77. The van der Waals surface area contributed by atoms with Gasteiger partial charge in [0.05, 0.1) is 11.7 Å². The Bertz CT molecular complexity index is 866. The average molecular weight is 425 g/mol. The van der Waals surface area contributed by atoms with Crippen LogP contribution in [0.4, 0.5) is 0 Å². The maximum absolute atomic E-state index is 12.3. The summed E-state index contributed by atoms with van der Waals surface area (Å²) in [7, 11) is 1.78. The van der Waals surface area contributed by atoms with E-state index in [4.69, 9.17) is 4.74 Å². The van der Waals surface area contributed by atoms with E-state index in [1.165, 1.54) is 11.1 Å². The summed E-state index contributed by atoms with van der Waals surface area (Å²) in [5.41, 5.74) is 3.40. The molecule has 6 heteroatoms. The molecule has 3 heterocycles. The minimum Gasteiger partial charge on any atom is -0.370 e. The number of rotatable bonds is 7. The number of hydrogen-bond acceptors (Lipinski definition) is 4. The molecule has 0 bridgehead atoms. The molecule has 1 amide bonds. The fraction of sp³-hybridized carbons (Fsp3) is 0.600. The first-order valence-corrected chi connectivity index (χ1v) is 11.7. The van der Waals surface area contributed by atoms with Crippen molar-refractivity contribution >= 4 is 5.91 Å². The summed E-state index contributed by atoms with van der Waals surface area (Å²) in [5, 5.41) is 7.07. The Morgan fingerprint density at radius 3 is 2.52 bits per heavy atom. The maximum Gasteiger partial charge on any atom is 0.269 e. The zero-order valence-electron chi connectivity index (χ0n) is 19.1. The van der Waals surface area contributed by atoms with Gasteiger partial charge in [-0.2, -0.15) is 5.10 Å². The van der Waals surface area contributed by atoms with Crippen LogP contribution in [0.15, 0.2) is 36.5 Å². The van der Waals surface area contributed by atoms with Gasteiger partial charge in [-0.05, 0) is 55.2 Å². The van der Waals surface area contributed by atoms with Crippen LogP contribution < -0.4 is 5.32 Å². The highest BCUT2D eigenvalue weighted by Crippen LogP contribution is 2.39. The lowest BCUT2D eigenvalue weighted by Crippen LogP contribution is -2.44. The van der Waals surface area contributed by atoms with Gasteiger partial charge in [0.25, 0.3) is 5.91 Å². The van der Waals surface area contributed by atoms with Gasteiger partial charge in [-0.25, -0.2) is 0 Å². The summed E-state index contributed by atoms with van der Waals surface area (Å²) in [6.07, 6.45) is 7.16.